The van der Waals surface area contributed by atoms with Gasteiger partial charge < -0.3 is 5.32 Å². The number of hydrogen-bond acceptors (Lipinski definition) is 2. The van der Waals surface area contributed by atoms with Crippen LogP contribution in [0.5, 0.6) is 0 Å². The molecule has 0 bridgehead atoms. The van der Waals surface area contributed by atoms with Crippen LogP contribution in [-0.4, -0.2) is 36.6 Å². The molecule has 2 fully saturated rings. The smallest absolute Gasteiger partial charge is 0.0192 e. The molecule has 94 valence electrons. The van der Waals surface area contributed by atoms with Crippen molar-refractivity contribution in [1.29, 1.82) is 0 Å². The molecule has 0 spiro atoms. The van der Waals surface area contributed by atoms with Crippen LogP contribution >= 0.6 is 0 Å². The van der Waals surface area contributed by atoms with E-state index in [0.29, 0.717) is 0 Å². The van der Waals surface area contributed by atoms with Crippen molar-refractivity contribution in [2.24, 2.45) is 11.8 Å². The number of nitrogens with one attached hydrogen (secondary N) is 1. The molecule has 1 aliphatic heterocycles. The predicted molar refractivity (Wildman–Crippen MR) is 69.6 cm³/mol. The molecule has 2 aliphatic rings. The second-order valence-electron chi connectivity index (χ2n) is 5.89. The minimum absolute atomic E-state index is 0.727. The molecule has 1 saturated carbocycles. The van der Waals surface area contributed by atoms with E-state index in [4.69, 9.17) is 0 Å². The van der Waals surface area contributed by atoms with Gasteiger partial charge in [0.25, 0.3) is 0 Å². The molecule has 1 saturated heterocycles. The summed E-state index contributed by atoms with van der Waals surface area (Å²) < 4.78 is 0. The number of hydrogen-bond donors (Lipinski definition) is 1. The zero-order valence-corrected chi connectivity index (χ0v) is 11.2. The summed E-state index contributed by atoms with van der Waals surface area (Å²) in [5.41, 5.74) is 0. The third kappa shape index (κ3) is 2.60. The summed E-state index contributed by atoms with van der Waals surface area (Å²) >= 11 is 0. The van der Waals surface area contributed by atoms with Crippen molar-refractivity contribution in [3.63, 3.8) is 0 Å². The maximum Gasteiger partial charge on any atom is 0.0192 e. The van der Waals surface area contributed by atoms with Crippen LogP contribution in [0.2, 0.25) is 0 Å². The van der Waals surface area contributed by atoms with E-state index >= 15 is 0 Å². The Labute approximate surface area is 101 Å². The Balaban J connectivity index is 1.96. The largest absolute Gasteiger partial charge is 0.313 e. The van der Waals surface area contributed by atoms with Crippen LogP contribution in [-0.2, 0) is 0 Å². The number of rotatable bonds is 2. The number of nitrogens with zero attached hydrogens (tertiary/aromatic N) is 1. The Morgan fingerprint density at radius 1 is 1.25 bits per heavy atom. The molecule has 4 unspecified atom stereocenters. The van der Waals surface area contributed by atoms with Crippen molar-refractivity contribution in [1.82, 2.24) is 10.2 Å². The fraction of sp³-hybridized carbons (Fsp3) is 1.00. The van der Waals surface area contributed by atoms with Crippen molar-refractivity contribution >= 4 is 0 Å². The first-order chi connectivity index (χ1) is 7.72. The summed E-state index contributed by atoms with van der Waals surface area (Å²) in [5, 5.41) is 3.67. The molecule has 2 nitrogen and oxygen atoms in total. The molecule has 0 radical (unpaired) electrons. The first-order valence-corrected chi connectivity index (χ1v) is 7.19. The van der Waals surface area contributed by atoms with Crippen LogP contribution in [0, 0.1) is 11.8 Å². The van der Waals surface area contributed by atoms with Gasteiger partial charge in [0, 0.05) is 18.6 Å². The maximum atomic E-state index is 3.67. The zero-order valence-electron chi connectivity index (χ0n) is 11.2. The van der Waals surface area contributed by atoms with Crippen molar-refractivity contribution in [2.45, 2.75) is 58.5 Å². The average Bonchev–Trinajstić information content (AvgIpc) is 2.55. The lowest BCUT2D eigenvalue weighted by Gasteiger charge is -2.33. The van der Waals surface area contributed by atoms with E-state index in [0.717, 1.165) is 23.9 Å². The molecule has 0 aromatic rings. The topological polar surface area (TPSA) is 15.3 Å². The van der Waals surface area contributed by atoms with Gasteiger partial charge in [0.05, 0.1) is 0 Å². The first-order valence-electron chi connectivity index (χ1n) is 7.19. The van der Waals surface area contributed by atoms with Crippen LogP contribution in [0.4, 0.5) is 0 Å². The second-order valence-corrected chi connectivity index (χ2v) is 5.89. The Bertz CT molecular complexity index is 217. The van der Waals surface area contributed by atoms with Crippen LogP contribution in [0.15, 0.2) is 0 Å². The molecule has 16 heavy (non-hydrogen) atoms. The van der Waals surface area contributed by atoms with Crippen LogP contribution in [0.25, 0.3) is 0 Å². The molecule has 2 rings (SSSR count). The molecular formula is C14H28N2. The van der Waals surface area contributed by atoms with Crippen molar-refractivity contribution in [3.05, 3.63) is 0 Å². The van der Waals surface area contributed by atoms with E-state index in [2.05, 4.69) is 31.0 Å². The Morgan fingerprint density at radius 3 is 2.69 bits per heavy atom. The third-order valence-corrected chi connectivity index (χ3v) is 4.89. The highest BCUT2D eigenvalue weighted by Crippen LogP contribution is 2.35. The lowest BCUT2D eigenvalue weighted by atomic mass is 9.96. The highest BCUT2D eigenvalue weighted by Gasteiger charge is 2.34. The lowest BCUT2D eigenvalue weighted by molar-refractivity contribution is 0.153. The Hall–Kier alpha value is -0.0800. The van der Waals surface area contributed by atoms with Gasteiger partial charge in [-0.3, -0.25) is 4.90 Å². The molecule has 0 amide bonds. The predicted octanol–water partition coefficient (Wildman–Crippen LogP) is 2.49. The van der Waals surface area contributed by atoms with Crippen molar-refractivity contribution in [2.75, 3.05) is 19.6 Å². The quantitative estimate of drug-likeness (QED) is 0.775. The summed E-state index contributed by atoms with van der Waals surface area (Å²) in [4.78, 5) is 2.78. The lowest BCUT2D eigenvalue weighted by Crippen LogP contribution is -2.43. The zero-order chi connectivity index (χ0) is 11.5. The van der Waals surface area contributed by atoms with Gasteiger partial charge in [0.2, 0.25) is 0 Å². The SMILES string of the molecule is CCC1CN(C2CCC(C)C2C)CCCN1. The van der Waals surface area contributed by atoms with Crippen LogP contribution in [0.3, 0.4) is 0 Å². The van der Waals surface area contributed by atoms with Gasteiger partial charge in [-0.15, -0.1) is 0 Å². The molecule has 0 aromatic heterocycles. The van der Waals surface area contributed by atoms with Gasteiger partial charge in [-0.25, -0.2) is 0 Å². The molecule has 1 aliphatic carbocycles. The summed E-state index contributed by atoms with van der Waals surface area (Å²) in [6.07, 6.45) is 5.46. The fourth-order valence-electron chi connectivity index (χ4n) is 3.46. The van der Waals surface area contributed by atoms with E-state index in [1.165, 1.54) is 45.3 Å². The van der Waals surface area contributed by atoms with Gasteiger partial charge >= 0.3 is 0 Å². The van der Waals surface area contributed by atoms with Crippen LogP contribution in [0.1, 0.15) is 46.5 Å². The van der Waals surface area contributed by atoms with E-state index in [1.54, 1.807) is 0 Å². The van der Waals surface area contributed by atoms with E-state index in [-0.39, 0.29) is 0 Å². The minimum atomic E-state index is 0.727. The maximum absolute atomic E-state index is 3.67. The van der Waals surface area contributed by atoms with Gasteiger partial charge in [-0.1, -0.05) is 20.8 Å². The van der Waals surface area contributed by atoms with Gasteiger partial charge in [0.15, 0.2) is 0 Å². The van der Waals surface area contributed by atoms with E-state index < -0.39 is 0 Å². The molecule has 1 N–H and O–H groups in total. The van der Waals surface area contributed by atoms with E-state index in [1.807, 2.05) is 0 Å². The fourth-order valence-corrected chi connectivity index (χ4v) is 3.46. The summed E-state index contributed by atoms with van der Waals surface area (Å²) in [6.45, 7) is 11.0. The normalized spacial score (nSPS) is 42.2. The molecular weight excluding hydrogens is 196 g/mol. The summed E-state index contributed by atoms with van der Waals surface area (Å²) in [5.74, 6) is 1.83. The standard InChI is InChI=1S/C14H28N2/c1-4-13-10-16(9-5-8-15-13)14-7-6-11(2)12(14)3/h11-15H,4-10H2,1-3H3. The second kappa shape index (κ2) is 5.50. The molecule has 2 heteroatoms. The Kier molecular flexibility index (Phi) is 4.26. The van der Waals surface area contributed by atoms with Crippen LogP contribution < -0.4 is 5.32 Å². The molecule has 1 heterocycles. The minimum Gasteiger partial charge on any atom is -0.313 e. The highest BCUT2D eigenvalue weighted by molar-refractivity contribution is 4.89. The monoisotopic (exact) mass is 224 g/mol. The highest BCUT2D eigenvalue weighted by atomic mass is 15.2. The first kappa shape index (κ1) is 12.4. The summed E-state index contributed by atoms with van der Waals surface area (Å²) in [7, 11) is 0. The Morgan fingerprint density at radius 2 is 2.06 bits per heavy atom. The third-order valence-electron chi connectivity index (χ3n) is 4.89. The van der Waals surface area contributed by atoms with Gasteiger partial charge in [-0.05, 0) is 50.6 Å². The van der Waals surface area contributed by atoms with Crippen molar-refractivity contribution < 1.29 is 0 Å². The van der Waals surface area contributed by atoms with Gasteiger partial charge in [-0.2, -0.15) is 0 Å². The molecule has 4 atom stereocenters. The summed E-state index contributed by atoms with van der Waals surface area (Å²) in [6, 6.07) is 1.59. The average molecular weight is 224 g/mol. The van der Waals surface area contributed by atoms with Gasteiger partial charge in [0.1, 0.15) is 0 Å². The van der Waals surface area contributed by atoms with E-state index in [9.17, 15) is 0 Å². The molecule has 0 aromatic carbocycles. The van der Waals surface area contributed by atoms with Crippen molar-refractivity contribution in [3.8, 4) is 0 Å².